The van der Waals surface area contributed by atoms with Crippen LogP contribution in [-0.2, 0) is 9.53 Å². The SMILES string of the molecule is COC(=O)C1(C(=O)c2ccc(SC)cc2)CC1. The maximum absolute atomic E-state index is 12.2. The minimum absolute atomic E-state index is 0.114. The highest BCUT2D eigenvalue weighted by atomic mass is 32.2. The highest BCUT2D eigenvalue weighted by Crippen LogP contribution is 2.49. The largest absolute Gasteiger partial charge is 0.468 e. The van der Waals surface area contributed by atoms with E-state index in [0.717, 1.165) is 4.90 Å². The lowest BCUT2D eigenvalue weighted by molar-refractivity contribution is -0.145. The zero-order valence-corrected chi connectivity index (χ0v) is 10.7. The molecule has 0 spiro atoms. The fourth-order valence-corrected chi connectivity index (χ4v) is 2.27. The third kappa shape index (κ3) is 2.09. The van der Waals surface area contributed by atoms with Gasteiger partial charge in [-0.05, 0) is 31.2 Å². The summed E-state index contributed by atoms with van der Waals surface area (Å²) in [5.41, 5.74) is -0.305. The number of ether oxygens (including phenoxy) is 1. The molecule has 0 unspecified atom stereocenters. The molecule has 4 heteroatoms. The van der Waals surface area contributed by atoms with Gasteiger partial charge in [-0.3, -0.25) is 9.59 Å². The number of rotatable bonds is 4. The molecule has 0 aromatic heterocycles. The van der Waals surface area contributed by atoms with Crippen molar-refractivity contribution in [2.45, 2.75) is 17.7 Å². The third-order valence-corrected chi connectivity index (χ3v) is 3.86. The number of carbonyl (C=O) groups is 2. The molecule has 1 aromatic carbocycles. The van der Waals surface area contributed by atoms with Crippen LogP contribution in [0.1, 0.15) is 23.2 Å². The van der Waals surface area contributed by atoms with Crippen LogP contribution in [0.3, 0.4) is 0 Å². The Morgan fingerprint density at radius 2 is 1.82 bits per heavy atom. The predicted octanol–water partition coefficient (Wildman–Crippen LogP) is 2.54. The number of hydrogen-bond donors (Lipinski definition) is 0. The van der Waals surface area contributed by atoms with Crippen LogP contribution >= 0.6 is 11.8 Å². The molecule has 2 rings (SSSR count). The lowest BCUT2D eigenvalue weighted by Crippen LogP contribution is -2.27. The molecule has 1 aliphatic rings. The van der Waals surface area contributed by atoms with Gasteiger partial charge in [0.05, 0.1) is 7.11 Å². The average molecular weight is 250 g/mol. The molecule has 0 radical (unpaired) electrons. The fraction of sp³-hybridized carbons (Fsp3) is 0.385. The quantitative estimate of drug-likeness (QED) is 0.356. The van der Waals surface area contributed by atoms with E-state index in [1.54, 1.807) is 23.9 Å². The zero-order valence-electron chi connectivity index (χ0n) is 9.86. The van der Waals surface area contributed by atoms with Crippen LogP contribution in [0.25, 0.3) is 0 Å². The van der Waals surface area contributed by atoms with Crippen LogP contribution in [0, 0.1) is 5.41 Å². The number of thioether (sulfide) groups is 1. The van der Waals surface area contributed by atoms with Crippen molar-refractivity contribution in [1.82, 2.24) is 0 Å². The van der Waals surface area contributed by atoms with E-state index in [2.05, 4.69) is 0 Å². The summed E-state index contributed by atoms with van der Waals surface area (Å²) in [7, 11) is 1.33. The van der Waals surface area contributed by atoms with Crippen molar-refractivity contribution in [1.29, 1.82) is 0 Å². The molecule has 0 bridgehead atoms. The van der Waals surface area contributed by atoms with Gasteiger partial charge in [0.1, 0.15) is 5.41 Å². The second-order valence-corrected chi connectivity index (χ2v) is 5.01. The Morgan fingerprint density at radius 1 is 1.24 bits per heavy atom. The van der Waals surface area contributed by atoms with Gasteiger partial charge in [-0.25, -0.2) is 0 Å². The van der Waals surface area contributed by atoms with Gasteiger partial charge in [0, 0.05) is 10.5 Å². The Hall–Kier alpha value is -1.29. The number of methoxy groups -OCH3 is 1. The molecule has 0 saturated heterocycles. The summed E-state index contributed by atoms with van der Waals surface area (Å²) >= 11 is 1.62. The molecule has 1 aliphatic carbocycles. The van der Waals surface area contributed by atoms with E-state index in [0.29, 0.717) is 18.4 Å². The second kappa shape index (κ2) is 4.53. The summed E-state index contributed by atoms with van der Waals surface area (Å²) in [6.45, 7) is 0. The number of Topliss-reactive ketones (excluding diaryl/α,β-unsaturated/α-hetero) is 1. The van der Waals surface area contributed by atoms with Crippen molar-refractivity contribution in [2.24, 2.45) is 5.41 Å². The molecule has 1 fully saturated rings. The molecular formula is C13H14O3S. The standard InChI is InChI=1S/C13H14O3S/c1-16-12(15)13(7-8-13)11(14)9-3-5-10(17-2)6-4-9/h3-6H,7-8H2,1-2H3. The van der Waals surface area contributed by atoms with Crippen molar-refractivity contribution >= 4 is 23.5 Å². The van der Waals surface area contributed by atoms with Crippen LogP contribution in [-0.4, -0.2) is 25.1 Å². The van der Waals surface area contributed by atoms with Crippen molar-refractivity contribution < 1.29 is 14.3 Å². The second-order valence-electron chi connectivity index (χ2n) is 4.13. The summed E-state index contributed by atoms with van der Waals surface area (Å²) in [4.78, 5) is 24.9. The van der Waals surface area contributed by atoms with Crippen LogP contribution in [0.15, 0.2) is 29.2 Å². The van der Waals surface area contributed by atoms with E-state index in [9.17, 15) is 9.59 Å². The summed E-state index contributed by atoms with van der Waals surface area (Å²) in [6.07, 6.45) is 3.18. The van der Waals surface area contributed by atoms with E-state index in [4.69, 9.17) is 4.74 Å². The van der Waals surface area contributed by atoms with Gasteiger partial charge in [-0.15, -0.1) is 11.8 Å². The Kier molecular flexibility index (Phi) is 3.24. The first-order chi connectivity index (χ1) is 8.14. The molecular weight excluding hydrogens is 236 g/mol. The number of ketones is 1. The van der Waals surface area contributed by atoms with Crippen molar-refractivity contribution in [2.75, 3.05) is 13.4 Å². The van der Waals surface area contributed by atoms with Gasteiger partial charge < -0.3 is 4.74 Å². The predicted molar refractivity (Wildman–Crippen MR) is 66.2 cm³/mol. The molecule has 1 aromatic rings. The van der Waals surface area contributed by atoms with E-state index in [-0.39, 0.29) is 5.78 Å². The average Bonchev–Trinajstić information content (AvgIpc) is 3.18. The van der Waals surface area contributed by atoms with E-state index in [1.165, 1.54) is 7.11 Å². The van der Waals surface area contributed by atoms with Crippen LogP contribution in [0.5, 0.6) is 0 Å². The highest BCUT2D eigenvalue weighted by molar-refractivity contribution is 7.98. The zero-order chi connectivity index (χ0) is 12.5. The first-order valence-corrected chi connectivity index (χ1v) is 6.64. The number of esters is 1. The minimum atomic E-state index is -0.893. The maximum Gasteiger partial charge on any atom is 0.319 e. The summed E-state index contributed by atoms with van der Waals surface area (Å²) in [6, 6.07) is 7.34. The number of benzene rings is 1. The van der Waals surface area contributed by atoms with Crippen LogP contribution < -0.4 is 0 Å². The molecule has 3 nitrogen and oxygen atoms in total. The normalized spacial score (nSPS) is 16.4. The van der Waals surface area contributed by atoms with Gasteiger partial charge in [0.2, 0.25) is 0 Å². The van der Waals surface area contributed by atoms with Gasteiger partial charge in [0.15, 0.2) is 5.78 Å². The maximum atomic E-state index is 12.2. The lowest BCUT2D eigenvalue weighted by atomic mass is 9.95. The molecule has 0 heterocycles. The Morgan fingerprint density at radius 3 is 2.24 bits per heavy atom. The lowest BCUT2D eigenvalue weighted by Gasteiger charge is -2.11. The van der Waals surface area contributed by atoms with Gasteiger partial charge in [-0.2, -0.15) is 0 Å². The first-order valence-electron chi connectivity index (χ1n) is 5.41. The number of hydrogen-bond acceptors (Lipinski definition) is 4. The third-order valence-electron chi connectivity index (χ3n) is 3.11. The number of carbonyl (C=O) groups excluding carboxylic acids is 2. The molecule has 0 atom stereocenters. The summed E-state index contributed by atoms with van der Waals surface area (Å²) in [5, 5.41) is 0. The van der Waals surface area contributed by atoms with E-state index < -0.39 is 11.4 Å². The van der Waals surface area contributed by atoms with Crippen molar-refractivity contribution in [3.05, 3.63) is 29.8 Å². The van der Waals surface area contributed by atoms with Crippen LogP contribution in [0.2, 0.25) is 0 Å². The molecule has 17 heavy (non-hydrogen) atoms. The summed E-state index contributed by atoms with van der Waals surface area (Å²) in [5.74, 6) is -0.520. The van der Waals surface area contributed by atoms with Gasteiger partial charge in [-0.1, -0.05) is 12.1 Å². The van der Waals surface area contributed by atoms with E-state index >= 15 is 0 Å². The van der Waals surface area contributed by atoms with Crippen molar-refractivity contribution in [3.63, 3.8) is 0 Å². The fourth-order valence-electron chi connectivity index (χ4n) is 1.86. The molecule has 90 valence electrons. The summed E-state index contributed by atoms with van der Waals surface area (Å²) < 4.78 is 4.70. The van der Waals surface area contributed by atoms with Crippen molar-refractivity contribution in [3.8, 4) is 0 Å². The molecule has 0 N–H and O–H groups in total. The highest BCUT2D eigenvalue weighted by Gasteiger charge is 2.57. The first kappa shape index (κ1) is 12.2. The van der Waals surface area contributed by atoms with E-state index in [1.807, 2.05) is 18.4 Å². The monoisotopic (exact) mass is 250 g/mol. The Labute approximate surface area is 105 Å². The Bertz CT molecular complexity index is 446. The van der Waals surface area contributed by atoms with Gasteiger partial charge in [0.25, 0.3) is 0 Å². The minimum Gasteiger partial charge on any atom is -0.468 e. The van der Waals surface area contributed by atoms with Crippen LogP contribution in [0.4, 0.5) is 0 Å². The Balaban J connectivity index is 2.22. The molecule has 0 aliphatic heterocycles. The molecule has 0 amide bonds. The topological polar surface area (TPSA) is 43.4 Å². The van der Waals surface area contributed by atoms with Gasteiger partial charge >= 0.3 is 5.97 Å². The molecule has 1 saturated carbocycles. The smallest absolute Gasteiger partial charge is 0.319 e.